The van der Waals surface area contributed by atoms with Gasteiger partial charge in [-0.05, 0) is 12.1 Å². The molecular weight excluding hydrogens is 346 g/mol. The Bertz CT molecular complexity index is 812. The first kappa shape index (κ1) is 16.9. The van der Waals surface area contributed by atoms with Crippen molar-refractivity contribution in [2.75, 3.05) is 13.7 Å². The molecule has 3 aliphatic heterocycles. The third-order valence-corrected chi connectivity index (χ3v) is 5.15. The fourth-order valence-corrected chi connectivity index (χ4v) is 3.82. The fraction of sp³-hybridized carbons (Fsp3) is 0.381. The monoisotopic (exact) mass is 367 g/mol. The maximum atomic E-state index is 6.27. The van der Waals surface area contributed by atoms with Crippen molar-refractivity contribution in [3.05, 3.63) is 71.8 Å². The first-order valence-corrected chi connectivity index (χ1v) is 9.13. The molecule has 140 valence electrons. The minimum absolute atomic E-state index is 0.263. The van der Waals surface area contributed by atoms with Crippen LogP contribution in [-0.2, 0) is 23.7 Å². The molecule has 6 heteroatoms. The van der Waals surface area contributed by atoms with Crippen LogP contribution in [0, 0.1) is 0 Å². The maximum Gasteiger partial charge on any atom is 0.217 e. The van der Waals surface area contributed by atoms with Crippen LogP contribution in [0.5, 0.6) is 0 Å². The van der Waals surface area contributed by atoms with Crippen LogP contribution >= 0.6 is 0 Å². The standard InChI is InChI=1S/C21H21NO5/c1-23-21-16-18(26-19(22-16)13-8-4-2-5-9-13)17-15(25-21)12-24-20(27-17)14-10-6-3-7-11-14/h2-11,15-18,20-21H,12H2,1H3/t15-,16+,17+,18-,20+,21-/m1/s1. The molecule has 2 aromatic rings. The zero-order valence-corrected chi connectivity index (χ0v) is 14.9. The van der Waals surface area contributed by atoms with Crippen LogP contribution in [0.25, 0.3) is 0 Å². The van der Waals surface area contributed by atoms with E-state index in [1.165, 1.54) is 0 Å². The number of nitrogens with zero attached hydrogens (tertiary/aromatic N) is 1. The molecule has 5 rings (SSSR count). The first-order valence-electron chi connectivity index (χ1n) is 9.13. The lowest BCUT2D eigenvalue weighted by molar-refractivity contribution is -0.333. The predicted octanol–water partition coefficient (Wildman–Crippen LogP) is 2.69. The molecule has 0 saturated carbocycles. The van der Waals surface area contributed by atoms with Crippen molar-refractivity contribution in [3.8, 4) is 0 Å². The van der Waals surface area contributed by atoms with E-state index in [1.54, 1.807) is 7.11 Å². The van der Waals surface area contributed by atoms with E-state index in [0.29, 0.717) is 12.5 Å². The highest BCUT2D eigenvalue weighted by atomic mass is 16.7. The van der Waals surface area contributed by atoms with Crippen LogP contribution in [0.2, 0.25) is 0 Å². The number of rotatable bonds is 3. The van der Waals surface area contributed by atoms with Gasteiger partial charge in [-0.3, -0.25) is 0 Å². The predicted molar refractivity (Wildman–Crippen MR) is 97.3 cm³/mol. The lowest BCUT2D eigenvalue weighted by Crippen LogP contribution is -2.60. The summed E-state index contributed by atoms with van der Waals surface area (Å²) in [5.74, 6) is 0.600. The van der Waals surface area contributed by atoms with Crippen molar-refractivity contribution in [1.29, 1.82) is 0 Å². The average molecular weight is 367 g/mol. The molecule has 2 aromatic carbocycles. The van der Waals surface area contributed by atoms with Crippen LogP contribution in [0.4, 0.5) is 0 Å². The summed E-state index contributed by atoms with van der Waals surface area (Å²) >= 11 is 0. The lowest BCUT2D eigenvalue weighted by atomic mass is 9.96. The molecule has 3 heterocycles. The summed E-state index contributed by atoms with van der Waals surface area (Å²) in [6.45, 7) is 0.414. The number of ether oxygens (including phenoxy) is 5. The molecule has 3 aliphatic rings. The highest BCUT2D eigenvalue weighted by Crippen LogP contribution is 2.39. The van der Waals surface area contributed by atoms with Gasteiger partial charge in [-0.15, -0.1) is 0 Å². The summed E-state index contributed by atoms with van der Waals surface area (Å²) in [7, 11) is 1.62. The normalized spacial score (nSPS) is 34.9. The van der Waals surface area contributed by atoms with Gasteiger partial charge in [0, 0.05) is 18.2 Å². The van der Waals surface area contributed by atoms with E-state index in [9.17, 15) is 0 Å². The number of methoxy groups -OCH3 is 1. The van der Waals surface area contributed by atoms with Gasteiger partial charge in [0.15, 0.2) is 18.7 Å². The molecule has 0 spiro atoms. The summed E-state index contributed by atoms with van der Waals surface area (Å²) < 4.78 is 30.0. The third kappa shape index (κ3) is 3.04. The Morgan fingerprint density at radius 3 is 2.41 bits per heavy atom. The average Bonchev–Trinajstić information content (AvgIpc) is 3.20. The van der Waals surface area contributed by atoms with E-state index in [2.05, 4.69) is 0 Å². The quantitative estimate of drug-likeness (QED) is 0.835. The highest BCUT2D eigenvalue weighted by molar-refractivity contribution is 5.95. The van der Waals surface area contributed by atoms with Crippen LogP contribution in [-0.4, -0.2) is 50.3 Å². The smallest absolute Gasteiger partial charge is 0.217 e. The molecule has 0 aromatic heterocycles. The van der Waals surface area contributed by atoms with E-state index in [4.69, 9.17) is 28.7 Å². The van der Waals surface area contributed by atoms with Crippen LogP contribution in [0.3, 0.4) is 0 Å². The third-order valence-electron chi connectivity index (χ3n) is 5.15. The lowest BCUT2D eigenvalue weighted by Gasteiger charge is -2.45. The Kier molecular flexibility index (Phi) is 4.41. The molecule has 6 atom stereocenters. The second-order valence-electron chi connectivity index (χ2n) is 6.83. The van der Waals surface area contributed by atoms with Crippen molar-refractivity contribution in [2.45, 2.75) is 36.9 Å². The molecule has 0 bridgehead atoms. The molecule has 0 N–H and O–H groups in total. The molecule has 6 nitrogen and oxygen atoms in total. The molecule has 2 fully saturated rings. The van der Waals surface area contributed by atoms with Crippen molar-refractivity contribution >= 4 is 5.90 Å². The van der Waals surface area contributed by atoms with Crippen LogP contribution in [0.1, 0.15) is 17.4 Å². The summed E-state index contributed by atoms with van der Waals surface area (Å²) in [6, 6.07) is 19.5. The number of hydrogen-bond acceptors (Lipinski definition) is 6. The van der Waals surface area contributed by atoms with E-state index in [-0.39, 0.29) is 24.4 Å². The van der Waals surface area contributed by atoms with Crippen molar-refractivity contribution in [1.82, 2.24) is 0 Å². The van der Waals surface area contributed by atoms with Gasteiger partial charge in [0.05, 0.1) is 6.61 Å². The molecular formula is C21H21NO5. The molecule has 2 saturated heterocycles. The van der Waals surface area contributed by atoms with Gasteiger partial charge in [-0.1, -0.05) is 48.5 Å². The molecule has 0 amide bonds. The van der Waals surface area contributed by atoms with Crippen molar-refractivity contribution < 1.29 is 23.7 Å². The second kappa shape index (κ2) is 7.05. The van der Waals surface area contributed by atoms with Crippen LogP contribution < -0.4 is 0 Å². The number of aliphatic imine (C=N–C) groups is 1. The molecule has 0 unspecified atom stereocenters. The maximum absolute atomic E-state index is 6.27. The van der Waals surface area contributed by atoms with Crippen molar-refractivity contribution in [2.24, 2.45) is 4.99 Å². The fourth-order valence-electron chi connectivity index (χ4n) is 3.82. The van der Waals surface area contributed by atoms with Gasteiger partial charge in [0.25, 0.3) is 0 Å². The van der Waals surface area contributed by atoms with Gasteiger partial charge >= 0.3 is 0 Å². The zero-order valence-electron chi connectivity index (χ0n) is 14.9. The highest BCUT2D eigenvalue weighted by Gasteiger charge is 2.54. The Balaban J connectivity index is 1.41. The molecule has 27 heavy (non-hydrogen) atoms. The summed E-state index contributed by atoms with van der Waals surface area (Å²) in [4.78, 5) is 4.74. The van der Waals surface area contributed by atoms with Crippen molar-refractivity contribution in [3.63, 3.8) is 0 Å². The summed E-state index contributed by atoms with van der Waals surface area (Å²) in [6.07, 6.45) is -1.76. The van der Waals surface area contributed by atoms with Gasteiger partial charge in [-0.25, -0.2) is 4.99 Å². The van der Waals surface area contributed by atoms with Gasteiger partial charge in [0.2, 0.25) is 5.90 Å². The van der Waals surface area contributed by atoms with Gasteiger partial charge in [0.1, 0.15) is 18.2 Å². The Morgan fingerprint density at radius 2 is 1.67 bits per heavy atom. The second-order valence-corrected chi connectivity index (χ2v) is 6.83. The van der Waals surface area contributed by atoms with Crippen LogP contribution in [0.15, 0.2) is 65.7 Å². The molecule has 0 aliphatic carbocycles. The van der Waals surface area contributed by atoms with E-state index in [0.717, 1.165) is 11.1 Å². The minimum Gasteiger partial charge on any atom is -0.469 e. The van der Waals surface area contributed by atoms with Gasteiger partial charge < -0.3 is 23.7 Å². The molecule has 0 radical (unpaired) electrons. The Morgan fingerprint density at radius 1 is 0.926 bits per heavy atom. The number of hydrogen-bond donors (Lipinski definition) is 0. The largest absolute Gasteiger partial charge is 0.469 e. The summed E-state index contributed by atoms with van der Waals surface area (Å²) in [5, 5.41) is 0. The first-order chi connectivity index (χ1) is 13.3. The topological polar surface area (TPSA) is 58.5 Å². The van der Waals surface area contributed by atoms with E-state index >= 15 is 0 Å². The van der Waals surface area contributed by atoms with Gasteiger partial charge in [-0.2, -0.15) is 0 Å². The summed E-state index contributed by atoms with van der Waals surface area (Å²) in [5.41, 5.74) is 1.91. The van der Waals surface area contributed by atoms with E-state index in [1.807, 2.05) is 60.7 Å². The zero-order chi connectivity index (χ0) is 18.2. The minimum atomic E-state index is -0.488. The number of benzene rings is 2. The number of fused-ring (bicyclic) bond motifs is 3. The van der Waals surface area contributed by atoms with E-state index < -0.39 is 12.6 Å². The Hall–Kier alpha value is -2.25. The Labute approximate surface area is 157 Å². The SMILES string of the molecule is CO[C@@H]1O[C@@H]2CO[C@H](c3ccccc3)O[C@@H]2[C@@H]2OC(c3ccccc3)=N[C@H]12.